The molecule has 0 fully saturated rings. The largest absolute Gasteiger partial charge is 0.361 e. The summed E-state index contributed by atoms with van der Waals surface area (Å²) in [7, 11) is 1.87. The number of ether oxygens (including phenoxy) is 1. The van der Waals surface area contributed by atoms with E-state index in [9.17, 15) is 0 Å². The Balaban J connectivity index is 1.94. The number of nitrogens with zero attached hydrogens (tertiary/aromatic N) is 3. The van der Waals surface area contributed by atoms with Gasteiger partial charge in [0.1, 0.15) is 17.7 Å². The third-order valence-corrected chi connectivity index (χ3v) is 4.97. The SMILES string of the molecule is CSCO[C@H]1c2ccc(Cl)cc2S[C@H]1c1ncn(C)n1. The summed E-state index contributed by atoms with van der Waals surface area (Å²) in [6.45, 7) is 0. The van der Waals surface area contributed by atoms with Crippen LogP contribution in [0.4, 0.5) is 0 Å². The first kappa shape index (κ1) is 14.3. The lowest BCUT2D eigenvalue weighted by Crippen LogP contribution is -2.09. The highest BCUT2D eigenvalue weighted by atomic mass is 35.5. The van der Waals surface area contributed by atoms with Crippen molar-refractivity contribution < 1.29 is 4.74 Å². The van der Waals surface area contributed by atoms with Crippen molar-refractivity contribution in [2.45, 2.75) is 16.2 Å². The van der Waals surface area contributed by atoms with Crippen LogP contribution in [0.3, 0.4) is 0 Å². The Morgan fingerprint density at radius 1 is 1.50 bits per heavy atom. The fourth-order valence-corrected chi connectivity index (χ4v) is 4.07. The van der Waals surface area contributed by atoms with Gasteiger partial charge in [0.05, 0.1) is 5.94 Å². The first-order valence-electron chi connectivity index (χ1n) is 6.11. The molecule has 0 saturated carbocycles. The lowest BCUT2D eigenvalue weighted by Gasteiger charge is -2.17. The summed E-state index contributed by atoms with van der Waals surface area (Å²) in [6, 6.07) is 5.93. The first-order valence-corrected chi connectivity index (χ1v) is 8.76. The summed E-state index contributed by atoms with van der Waals surface area (Å²) in [5, 5.41) is 5.25. The van der Waals surface area contributed by atoms with E-state index in [1.54, 1.807) is 34.5 Å². The molecule has 20 heavy (non-hydrogen) atoms. The number of aromatic nitrogens is 3. The molecule has 4 nitrogen and oxygen atoms in total. The third kappa shape index (κ3) is 2.70. The van der Waals surface area contributed by atoms with Crippen molar-refractivity contribution in [1.82, 2.24) is 14.8 Å². The second kappa shape index (κ2) is 5.97. The van der Waals surface area contributed by atoms with Gasteiger partial charge in [-0.05, 0) is 24.0 Å². The Hall–Kier alpha value is -0.690. The number of thioether (sulfide) groups is 2. The molecule has 106 valence electrons. The molecule has 3 rings (SSSR count). The zero-order chi connectivity index (χ0) is 14.1. The van der Waals surface area contributed by atoms with E-state index >= 15 is 0 Å². The lowest BCUT2D eigenvalue weighted by molar-refractivity contribution is 0.0883. The molecule has 1 aromatic heterocycles. The number of fused-ring (bicyclic) bond motifs is 1. The van der Waals surface area contributed by atoms with E-state index in [4.69, 9.17) is 16.3 Å². The average molecular weight is 328 g/mol. The second-order valence-corrected chi connectivity index (χ2v) is 6.92. The lowest BCUT2D eigenvalue weighted by atomic mass is 10.1. The van der Waals surface area contributed by atoms with E-state index in [1.807, 2.05) is 31.5 Å². The Morgan fingerprint density at radius 2 is 2.35 bits per heavy atom. The molecule has 0 saturated heterocycles. The summed E-state index contributed by atoms with van der Waals surface area (Å²) in [4.78, 5) is 5.53. The first-order chi connectivity index (χ1) is 9.69. The highest BCUT2D eigenvalue weighted by molar-refractivity contribution is 8.00. The maximum Gasteiger partial charge on any atom is 0.166 e. The number of aryl methyl sites for hydroxylation is 1. The highest BCUT2D eigenvalue weighted by Crippen LogP contribution is 2.54. The van der Waals surface area contributed by atoms with Crippen LogP contribution in [-0.2, 0) is 11.8 Å². The van der Waals surface area contributed by atoms with Gasteiger partial charge in [-0.15, -0.1) is 23.5 Å². The van der Waals surface area contributed by atoms with Crippen LogP contribution in [0.25, 0.3) is 0 Å². The van der Waals surface area contributed by atoms with Gasteiger partial charge in [0, 0.05) is 17.0 Å². The van der Waals surface area contributed by atoms with Gasteiger partial charge in [0.15, 0.2) is 5.82 Å². The average Bonchev–Trinajstić information content (AvgIpc) is 2.99. The molecule has 2 aromatic rings. The minimum atomic E-state index is -0.0258. The van der Waals surface area contributed by atoms with Gasteiger partial charge in [-0.2, -0.15) is 5.10 Å². The van der Waals surface area contributed by atoms with E-state index in [1.165, 1.54) is 5.56 Å². The standard InChI is InChI=1S/C13H14ClN3OS2/c1-17-6-15-13(16-17)12-11(18-7-19-2)9-4-3-8(14)5-10(9)20-12/h3-6,11-12H,7H2,1-2H3/t11-,12+/m0/s1. The highest BCUT2D eigenvalue weighted by Gasteiger charge is 2.37. The molecule has 1 aromatic carbocycles. The van der Waals surface area contributed by atoms with Gasteiger partial charge in [-0.3, -0.25) is 4.68 Å². The molecular weight excluding hydrogens is 314 g/mol. The van der Waals surface area contributed by atoms with Gasteiger partial charge in [-0.25, -0.2) is 4.98 Å². The molecule has 1 aliphatic heterocycles. The Bertz CT molecular complexity index is 619. The third-order valence-electron chi connectivity index (χ3n) is 3.05. The van der Waals surface area contributed by atoms with E-state index in [0.717, 1.165) is 15.7 Å². The van der Waals surface area contributed by atoms with Crippen LogP contribution >= 0.6 is 35.1 Å². The van der Waals surface area contributed by atoms with Crippen molar-refractivity contribution >= 4 is 35.1 Å². The van der Waals surface area contributed by atoms with E-state index < -0.39 is 0 Å². The predicted molar refractivity (Wildman–Crippen MR) is 83.3 cm³/mol. The summed E-state index contributed by atoms with van der Waals surface area (Å²) in [5.74, 6) is 1.45. The van der Waals surface area contributed by atoms with Crippen molar-refractivity contribution in [3.8, 4) is 0 Å². The number of benzene rings is 1. The molecule has 0 N–H and O–H groups in total. The number of hydrogen-bond donors (Lipinski definition) is 0. The number of halogens is 1. The monoisotopic (exact) mass is 327 g/mol. The summed E-state index contributed by atoms with van der Waals surface area (Å²) < 4.78 is 7.72. The van der Waals surface area contributed by atoms with Crippen molar-refractivity contribution in [2.24, 2.45) is 7.05 Å². The van der Waals surface area contributed by atoms with Gasteiger partial charge in [0.2, 0.25) is 0 Å². The molecule has 0 aliphatic carbocycles. The maximum absolute atomic E-state index is 6.08. The summed E-state index contributed by atoms with van der Waals surface area (Å²) in [6.07, 6.45) is 3.72. The van der Waals surface area contributed by atoms with E-state index in [0.29, 0.717) is 5.94 Å². The molecule has 7 heteroatoms. The van der Waals surface area contributed by atoms with E-state index in [2.05, 4.69) is 10.1 Å². The smallest absolute Gasteiger partial charge is 0.166 e. The fourth-order valence-electron chi connectivity index (χ4n) is 2.20. The number of hydrogen-bond acceptors (Lipinski definition) is 5. The van der Waals surface area contributed by atoms with Crippen LogP contribution in [-0.4, -0.2) is 27.0 Å². The minimum Gasteiger partial charge on any atom is -0.361 e. The molecule has 0 spiro atoms. The van der Waals surface area contributed by atoms with Crippen LogP contribution in [0, 0.1) is 0 Å². The normalized spacial score (nSPS) is 21.1. The van der Waals surface area contributed by atoms with Crippen LogP contribution in [0.15, 0.2) is 29.4 Å². The molecule has 0 amide bonds. The van der Waals surface area contributed by atoms with Crippen molar-refractivity contribution in [3.05, 3.63) is 40.9 Å². The summed E-state index contributed by atoms with van der Waals surface area (Å²) in [5.41, 5.74) is 1.17. The molecule has 0 unspecified atom stereocenters. The minimum absolute atomic E-state index is 0.0258. The van der Waals surface area contributed by atoms with Crippen LogP contribution in [0.2, 0.25) is 5.02 Å². The van der Waals surface area contributed by atoms with Crippen LogP contribution in [0.1, 0.15) is 22.7 Å². The van der Waals surface area contributed by atoms with Gasteiger partial charge < -0.3 is 4.74 Å². The van der Waals surface area contributed by atoms with Gasteiger partial charge >= 0.3 is 0 Å². The van der Waals surface area contributed by atoms with E-state index in [-0.39, 0.29) is 11.4 Å². The second-order valence-electron chi connectivity index (χ2n) is 4.49. The molecule has 0 radical (unpaired) electrons. The van der Waals surface area contributed by atoms with Gasteiger partial charge in [-0.1, -0.05) is 17.7 Å². The van der Waals surface area contributed by atoms with Crippen LogP contribution in [0.5, 0.6) is 0 Å². The molecule has 2 heterocycles. The molecule has 1 aliphatic rings. The zero-order valence-corrected chi connectivity index (χ0v) is 13.5. The Kier molecular flexibility index (Phi) is 4.26. The summed E-state index contributed by atoms with van der Waals surface area (Å²) >= 11 is 9.46. The fraction of sp³-hybridized carbons (Fsp3) is 0.385. The van der Waals surface area contributed by atoms with Crippen LogP contribution < -0.4 is 0 Å². The maximum atomic E-state index is 6.08. The molecular formula is C13H14ClN3OS2. The molecule has 0 bridgehead atoms. The predicted octanol–water partition coefficient (Wildman–Crippen LogP) is 3.69. The number of rotatable bonds is 4. The zero-order valence-electron chi connectivity index (χ0n) is 11.1. The van der Waals surface area contributed by atoms with Gasteiger partial charge in [0.25, 0.3) is 0 Å². The topological polar surface area (TPSA) is 39.9 Å². The van der Waals surface area contributed by atoms with Crippen molar-refractivity contribution in [2.75, 3.05) is 12.2 Å². The Labute approximate surface area is 131 Å². The quantitative estimate of drug-likeness (QED) is 0.801. The van der Waals surface area contributed by atoms with Crippen molar-refractivity contribution in [1.29, 1.82) is 0 Å². The molecule has 2 atom stereocenters. The Morgan fingerprint density at radius 3 is 3.05 bits per heavy atom. The van der Waals surface area contributed by atoms with Crippen molar-refractivity contribution in [3.63, 3.8) is 0 Å².